The molecule has 0 spiro atoms. The highest BCUT2D eigenvalue weighted by Crippen LogP contribution is 2.27. The maximum atomic E-state index is 12.9. The first-order chi connectivity index (χ1) is 15.5. The van der Waals surface area contributed by atoms with Gasteiger partial charge in [-0.1, -0.05) is 29.8 Å². The van der Waals surface area contributed by atoms with E-state index < -0.39 is 0 Å². The first-order valence-corrected chi connectivity index (χ1v) is 11.5. The molecule has 32 heavy (non-hydrogen) atoms. The molecule has 1 fully saturated rings. The van der Waals surface area contributed by atoms with E-state index in [1.165, 1.54) is 12.7 Å². The van der Waals surface area contributed by atoms with Gasteiger partial charge in [0.25, 0.3) is 0 Å². The van der Waals surface area contributed by atoms with Crippen LogP contribution >= 0.6 is 11.6 Å². The molecule has 2 aromatic rings. The fraction of sp³-hybridized carbons (Fsp3) is 0.440. The zero-order valence-corrected chi connectivity index (χ0v) is 19.1. The second-order valence-electron chi connectivity index (χ2n) is 8.48. The molecule has 4 rings (SSSR count). The lowest BCUT2D eigenvalue weighted by Gasteiger charge is -2.30. The van der Waals surface area contributed by atoms with Gasteiger partial charge in [-0.2, -0.15) is 0 Å². The standard InChI is InChI=1S/C25H29ClN2O4/c1-31-25(30)20-8-10-27(11-9-20)16-19-4-7-23-21(14-19)17-28(12-13-32-23)24(29)15-18-2-5-22(26)6-3-18/h2-7,14,20H,8-13,15-17H2,1H3. The molecular weight excluding hydrogens is 428 g/mol. The molecule has 0 saturated carbocycles. The van der Waals surface area contributed by atoms with E-state index in [9.17, 15) is 9.59 Å². The lowest BCUT2D eigenvalue weighted by Crippen LogP contribution is -2.36. The molecular formula is C25H29ClN2O4. The molecule has 7 heteroatoms. The number of halogens is 1. The van der Waals surface area contributed by atoms with Gasteiger partial charge >= 0.3 is 5.97 Å². The number of benzene rings is 2. The van der Waals surface area contributed by atoms with E-state index in [2.05, 4.69) is 17.0 Å². The molecule has 1 saturated heterocycles. The third-order valence-electron chi connectivity index (χ3n) is 6.25. The molecule has 0 N–H and O–H groups in total. The Balaban J connectivity index is 1.38. The van der Waals surface area contributed by atoms with E-state index in [1.54, 1.807) is 0 Å². The topological polar surface area (TPSA) is 59.1 Å². The van der Waals surface area contributed by atoms with E-state index in [0.29, 0.717) is 31.1 Å². The Kier molecular flexibility index (Phi) is 7.33. The van der Waals surface area contributed by atoms with Gasteiger partial charge in [-0.15, -0.1) is 0 Å². The summed E-state index contributed by atoms with van der Waals surface area (Å²) in [6, 6.07) is 13.7. The number of carbonyl (C=O) groups is 2. The summed E-state index contributed by atoms with van der Waals surface area (Å²) in [6.07, 6.45) is 2.00. The fourth-order valence-corrected chi connectivity index (χ4v) is 4.53. The molecule has 6 nitrogen and oxygen atoms in total. The second-order valence-corrected chi connectivity index (χ2v) is 8.92. The molecule has 0 unspecified atom stereocenters. The van der Waals surface area contributed by atoms with Crippen molar-refractivity contribution < 1.29 is 19.1 Å². The molecule has 2 heterocycles. The van der Waals surface area contributed by atoms with Crippen LogP contribution in [-0.4, -0.2) is 55.0 Å². The molecule has 2 aliphatic rings. The second kappa shape index (κ2) is 10.4. The highest BCUT2D eigenvalue weighted by molar-refractivity contribution is 6.30. The number of piperidine rings is 1. The number of amides is 1. The van der Waals surface area contributed by atoms with Crippen LogP contribution in [0.2, 0.25) is 5.02 Å². The van der Waals surface area contributed by atoms with Crippen LogP contribution < -0.4 is 4.74 Å². The van der Waals surface area contributed by atoms with Gasteiger partial charge in [0.1, 0.15) is 12.4 Å². The van der Waals surface area contributed by atoms with Crippen molar-refractivity contribution in [3.8, 4) is 5.75 Å². The number of ether oxygens (including phenoxy) is 2. The molecule has 0 atom stereocenters. The minimum absolute atomic E-state index is 0.0110. The molecule has 2 aromatic carbocycles. The van der Waals surface area contributed by atoms with E-state index >= 15 is 0 Å². The van der Waals surface area contributed by atoms with Gasteiger partial charge in [-0.05, 0) is 61.3 Å². The number of esters is 1. The fourth-order valence-electron chi connectivity index (χ4n) is 4.40. The average Bonchev–Trinajstić information content (AvgIpc) is 3.03. The van der Waals surface area contributed by atoms with Gasteiger partial charge in [0, 0.05) is 23.7 Å². The van der Waals surface area contributed by atoms with Crippen molar-refractivity contribution >= 4 is 23.5 Å². The minimum Gasteiger partial charge on any atom is -0.491 e. The lowest BCUT2D eigenvalue weighted by molar-refractivity contribution is -0.147. The number of hydrogen-bond acceptors (Lipinski definition) is 5. The van der Waals surface area contributed by atoms with Gasteiger partial charge in [-0.25, -0.2) is 0 Å². The van der Waals surface area contributed by atoms with Crippen LogP contribution in [0, 0.1) is 5.92 Å². The van der Waals surface area contributed by atoms with Crippen LogP contribution in [-0.2, 0) is 33.8 Å². The van der Waals surface area contributed by atoms with Crippen molar-refractivity contribution in [1.29, 1.82) is 0 Å². The van der Waals surface area contributed by atoms with Crippen LogP contribution in [0.4, 0.5) is 0 Å². The first kappa shape index (κ1) is 22.6. The van der Waals surface area contributed by atoms with Gasteiger partial charge in [-0.3, -0.25) is 14.5 Å². The predicted octanol–water partition coefficient (Wildman–Crippen LogP) is 3.69. The predicted molar refractivity (Wildman–Crippen MR) is 123 cm³/mol. The van der Waals surface area contributed by atoms with Crippen LogP contribution in [0.3, 0.4) is 0 Å². The van der Waals surface area contributed by atoms with Gasteiger partial charge in [0.15, 0.2) is 0 Å². The third-order valence-corrected chi connectivity index (χ3v) is 6.51. The van der Waals surface area contributed by atoms with Crippen molar-refractivity contribution in [2.45, 2.75) is 32.4 Å². The molecule has 170 valence electrons. The zero-order valence-electron chi connectivity index (χ0n) is 18.4. The Hall–Kier alpha value is -2.57. The van der Waals surface area contributed by atoms with Crippen molar-refractivity contribution in [3.63, 3.8) is 0 Å². The number of likely N-dealkylation sites (tertiary alicyclic amines) is 1. The van der Waals surface area contributed by atoms with Crippen LogP contribution in [0.5, 0.6) is 5.75 Å². The highest BCUT2D eigenvalue weighted by Gasteiger charge is 2.26. The Labute approximate surface area is 194 Å². The normalized spacial score (nSPS) is 17.2. The van der Waals surface area contributed by atoms with E-state index in [4.69, 9.17) is 21.1 Å². The maximum Gasteiger partial charge on any atom is 0.308 e. The Bertz CT molecular complexity index is 955. The van der Waals surface area contributed by atoms with Gasteiger partial charge < -0.3 is 14.4 Å². The first-order valence-electron chi connectivity index (χ1n) is 11.1. The van der Waals surface area contributed by atoms with Crippen molar-refractivity contribution in [3.05, 3.63) is 64.2 Å². The summed E-state index contributed by atoms with van der Waals surface area (Å²) >= 11 is 5.95. The minimum atomic E-state index is -0.102. The Morgan fingerprint density at radius 3 is 2.50 bits per heavy atom. The molecule has 0 aromatic heterocycles. The van der Waals surface area contributed by atoms with Crippen LogP contribution in [0.1, 0.15) is 29.5 Å². The molecule has 1 amide bonds. The van der Waals surface area contributed by atoms with Crippen LogP contribution in [0.15, 0.2) is 42.5 Å². The monoisotopic (exact) mass is 456 g/mol. The molecule has 0 radical (unpaired) electrons. The molecule has 0 bridgehead atoms. The summed E-state index contributed by atoms with van der Waals surface area (Å²) in [5.74, 6) is 0.839. The highest BCUT2D eigenvalue weighted by atomic mass is 35.5. The smallest absolute Gasteiger partial charge is 0.308 e. The van der Waals surface area contributed by atoms with E-state index in [1.807, 2.05) is 35.2 Å². The Morgan fingerprint density at radius 1 is 1.06 bits per heavy atom. The summed E-state index contributed by atoms with van der Waals surface area (Å²) in [7, 11) is 1.45. The van der Waals surface area contributed by atoms with Crippen LogP contribution in [0.25, 0.3) is 0 Å². The summed E-state index contributed by atoms with van der Waals surface area (Å²) in [6.45, 7) is 4.16. The van der Waals surface area contributed by atoms with Gasteiger partial charge in [0.05, 0.1) is 26.0 Å². The number of nitrogens with zero attached hydrogens (tertiary/aromatic N) is 2. The van der Waals surface area contributed by atoms with Crippen molar-refractivity contribution in [2.75, 3.05) is 33.4 Å². The number of methoxy groups -OCH3 is 1. The SMILES string of the molecule is COC(=O)C1CCN(Cc2ccc3c(c2)CN(C(=O)Cc2ccc(Cl)cc2)CCO3)CC1. The summed E-state index contributed by atoms with van der Waals surface area (Å²) in [5, 5.41) is 0.667. The number of carbonyl (C=O) groups excluding carboxylic acids is 2. The van der Waals surface area contributed by atoms with Crippen molar-refractivity contribution in [2.24, 2.45) is 5.92 Å². The number of rotatable bonds is 5. The Morgan fingerprint density at radius 2 is 1.78 bits per heavy atom. The zero-order chi connectivity index (χ0) is 22.5. The quantitative estimate of drug-likeness (QED) is 0.642. The van der Waals surface area contributed by atoms with Crippen molar-refractivity contribution in [1.82, 2.24) is 9.80 Å². The average molecular weight is 457 g/mol. The summed E-state index contributed by atoms with van der Waals surface area (Å²) < 4.78 is 10.8. The summed E-state index contributed by atoms with van der Waals surface area (Å²) in [5.41, 5.74) is 3.18. The maximum absolute atomic E-state index is 12.9. The third kappa shape index (κ3) is 5.61. The van der Waals surface area contributed by atoms with E-state index in [0.717, 1.165) is 49.4 Å². The number of fused-ring (bicyclic) bond motifs is 1. The number of hydrogen-bond donors (Lipinski definition) is 0. The largest absolute Gasteiger partial charge is 0.491 e. The molecule has 2 aliphatic heterocycles. The summed E-state index contributed by atoms with van der Waals surface area (Å²) in [4.78, 5) is 28.9. The van der Waals surface area contributed by atoms with Gasteiger partial charge in [0.2, 0.25) is 5.91 Å². The molecule has 0 aliphatic carbocycles. The lowest BCUT2D eigenvalue weighted by atomic mass is 9.96. The van der Waals surface area contributed by atoms with E-state index in [-0.39, 0.29) is 17.8 Å².